The van der Waals surface area contributed by atoms with Gasteiger partial charge < -0.3 is 19.4 Å². The van der Waals surface area contributed by atoms with Gasteiger partial charge in [-0.2, -0.15) is 0 Å². The summed E-state index contributed by atoms with van der Waals surface area (Å²) in [6.45, 7) is 13.6. The van der Waals surface area contributed by atoms with Crippen LogP contribution >= 0.6 is 0 Å². The van der Waals surface area contributed by atoms with Crippen molar-refractivity contribution in [3.8, 4) is 5.75 Å². The molecule has 3 aromatic rings. The topological polar surface area (TPSA) is 65.4 Å². The third kappa shape index (κ3) is 6.21. The second kappa shape index (κ2) is 10.2. The molecule has 0 amide bonds. The predicted molar refractivity (Wildman–Crippen MR) is 146 cm³/mol. The van der Waals surface area contributed by atoms with Crippen LogP contribution in [0.3, 0.4) is 0 Å². The van der Waals surface area contributed by atoms with Gasteiger partial charge in [0.05, 0.1) is 24.2 Å². The van der Waals surface area contributed by atoms with Gasteiger partial charge in [-0.25, -0.2) is 4.98 Å². The lowest BCUT2D eigenvalue weighted by atomic mass is 9.63. The standard InChI is InChI=1S/C30H41N3O3/c1-20(2)36-24-12-10-22(11-13-24)31-28-32-25-16-21(9-15-27(34)35-7)8-14-26(25)33(28)23-17-29(3,4)19-30(5,6)18-23/h8,10-14,16,20,23H,9,15,17-19H2,1-7H3,(H,31,32). The zero-order chi connectivity index (χ0) is 26.1. The van der Waals surface area contributed by atoms with E-state index in [0.29, 0.717) is 18.9 Å². The van der Waals surface area contributed by atoms with E-state index < -0.39 is 0 Å². The minimum atomic E-state index is -0.195. The Bertz CT molecular complexity index is 1190. The van der Waals surface area contributed by atoms with E-state index in [1.807, 2.05) is 38.1 Å². The van der Waals surface area contributed by atoms with Crippen molar-refractivity contribution in [2.45, 2.75) is 85.8 Å². The molecule has 0 atom stereocenters. The number of aromatic nitrogens is 2. The zero-order valence-electron chi connectivity index (χ0n) is 22.9. The van der Waals surface area contributed by atoms with Crippen molar-refractivity contribution in [1.29, 1.82) is 0 Å². The predicted octanol–water partition coefficient (Wildman–Crippen LogP) is 7.45. The van der Waals surface area contributed by atoms with Crippen LogP contribution in [0.4, 0.5) is 11.6 Å². The summed E-state index contributed by atoms with van der Waals surface area (Å²) in [7, 11) is 1.43. The number of carbonyl (C=O) groups is 1. The lowest BCUT2D eigenvalue weighted by molar-refractivity contribution is -0.140. The number of ether oxygens (including phenoxy) is 2. The monoisotopic (exact) mass is 491 g/mol. The second-order valence-electron chi connectivity index (χ2n) is 12.1. The average Bonchev–Trinajstić information content (AvgIpc) is 3.13. The minimum Gasteiger partial charge on any atom is -0.491 e. The van der Waals surface area contributed by atoms with Crippen molar-refractivity contribution in [2.24, 2.45) is 10.8 Å². The van der Waals surface area contributed by atoms with E-state index in [9.17, 15) is 4.79 Å². The van der Waals surface area contributed by atoms with E-state index in [1.54, 1.807) is 0 Å². The molecule has 0 radical (unpaired) electrons. The number of benzene rings is 2. The number of aryl methyl sites for hydroxylation is 1. The van der Waals surface area contributed by atoms with Gasteiger partial charge in [0, 0.05) is 18.2 Å². The Morgan fingerprint density at radius 1 is 1.08 bits per heavy atom. The number of rotatable bonds is 8. The Morgan fingerprint density at radius 3 is 2.36 bits per heavy atom. The lowest BCUT2D eigenvalue weighted by Crippen LogP contribution is -2.35. The number of carbonyl (C=O) groups excluding carboxylic acids is 1. The van der Waals surface area contributed by atoms with Gasteiger partial charge in [-0.1, -0.05) is 33.8 Å². The molecular formula is C30H41N3O3. The summed E-state index contributed by atoms with van der Waals surface area (Å²) in [6, 6.07) is 14.8. The Hall–Kier alpha value is -3.02. The number of imidazole rings is 1. The number of fused-ring (bicyclic) bond motifs is 1. The van der Waals surface area contributed by atoms with E-state index in [0.717, 1.165) is 46.8 Å². The highest BCUT2D eigenvalue weighted by Crippen LogP contribution is 2.51. The molecule has 1 aliphatic carbocycles. The van der Waals surface area contributed by atoms with Crippen LogP contribution in [0.15, 0.2) is 42.5 Å². The Kier molecular flexibility index (Phi) is 7.35. The Labute approximate surface area is 215 Å². The van der Waals surface area contributed by atoms with Crippen molar-refractivity contribution in [2.75, 3.05) is 12.4 Å². The largest absolute Gasteiger partial charge is 0.491 e. The molecule has 1 fully saturated rings. The molecule has 1 N–H and O–H groups in total. The van der Waals surface area contributed by atoms with E-state index in [1.165, 1.54) is 13.5 Å². The number of hydrogen-bond donors (Lipinski definition) is 1. The maximum atomic E-state index is 11.7. The molecule has 1 saturated carbocycles. The highest BCUT2D eigenvalue weighted by molar-refractivity contribution is 5.81. The molecule has 6 heteroatoms. The molecular weight excluding hydrogens is 450 g/mol. The summed E-state index contributed by atoms with van der Waals surface area (Å²) >= 11 is 0. The van der Waals surface area contributed by atoms with E-state index in [-0.39, 0.29) is 22.9 Å². The molecule has 0 aliphatic heterocycles. The van der Waals surface area contributed by atoms with Gasteiger partial charge in [-0.05, 0) is 92.3 Å². The first-order chi connectivity index (χ1) is 16.9. The van der Waals surface area contributed by atoms with Crippen molar-refractivity contribution >= 4 is 28.6 Å². The summed E-state index contributed by atoms with van der Waals surface area (Å²) in [5.41, 5.74) is 4.62. The SMILES string of the molecule is COC(=O)CCc1ccc2c(c1)nc(Nc1ccc(OC(C)C)cc1)n2C1CC(C)(C)CC(C)(C)C1. The summed E-state index contributed by atoms with van der Waals surface area (Å²) in [6.07, 6.45) is 4.55. The number of nitrogens with zero attached hydrogens (tertiary/aromatic N) is 2. The first kappa shape index (κ1) is 26.1. The summed E-state index contributed by atoms with van der Waals surface area (Å²) < 4.78 is 13.0. The molecule has 2 aromatic carbocycles. The molecule has 6 nitrogen and oxygen atoms in total. The van der Waals surface area contributed by atoms with Gasteiger partial charge >= 0.3 is 5.97 Å². The summed E-state index contributed by atoms with van der Waals surface area (Å²) in [4.78, 5) is 16.7. The van der Waals surface area contributed by atoms with Crippen LogP contribution in [0.2, 0.25) is 0 Å². The maximum absolute atomic E-state index is 11.7. The molecule has 0 saturated heterocycles. The summed E-state index contributed by atoms with van der Waals surface area (Å²) in [5.74, 6) is 1.51. The van der Waals surface area contributed by atoms with Gasteiger partial charge in [-0.3, -0.25) is 4.79 Å². The van der Waals surface area contributed by atoms with Crippen molar-refractivity contribution in [1.82, 2.24) is 9.55 Å². The number of methoxy groups -OCH3 is 1. The fourth-order valence-corrected chi connectivity index (χ4v) is 6.09. The highest BCUT2D eigenvalue weighted by atomic mass is 16.5. The fraction of sp³-hybridized carbons (Fsp3) is 0.533. The minimum absolute atomic E-state index is 0.138. The average molecular weight is 492 g/mol. The van der Waals surface area contributed by atoms with E-state index in [4.69, 9.17) is 14.5 Å². The van der Waals surface area contributed by atoms with Crippen molar-refractivity contribution in [3.63, 3.8) is 0 Å². The lowest BCUT2D eigenvalue weighted by Gasteiger charge is -2.45. The Morgan fingerprint density at radius 2 is 1.75 bits per heavy atom. The van der Waals surface area contributed by atoms with Gasteiger partial charge in [-0.15, -0.1) is 0 Å². The smallest absolute Gasteiger partial charge is 0.305 e. The van der Waals surface area contributed by atoms with E-state index in [2.05, 4.69) is 55.8 Å². The van der Waals surface area contributed by atoms with Crippen LogP contribution in [0, 0.1) is 10.8 Å². The molecule has 36 heavy (non-hydrogen) atoms. The number of nitrogens with one attached hydrogen (secondary N) is 1. The van der Waals surface area contributed by atoms with Gasteiger partial charge in [0.25, 0.3) is 0 Å². The number of esters is 1. The third-order valence-electron chi connectivity index (χ3n) is 6.98. The first-order valence-electron chi connectivity index (χ1n) is 13.1. The zero-order valence-corrected chi connectivity index (χ0v) is 22.9. The normalized spacial score (nSPS) is 17.3. The second-order valence-corrected chi connectivity index (χ2v) is 12.1. The molecule has 1 heterocycles. The highest BCUT2D eigenvalue weighted by Gasteiger charge is 2.40. The molecule has 194 valence electrons. The molecule has 0 bridgehead atoms. The number of hydrogen-bond acceptors (Lipinski definition) is 5. The van der Waals surface area contributed by atoms with Crippen LogP contribution in [0.25, 0.3) is 11.0 Å². The van der Waals surface area contributed by atoms with E-state index >= 15 is 0 Å². The molecule has 4 rings (SSSR count). The maximum Gasteiger partial charge on any atom is 0.305 e. The van der Waals surface area contributed by atoms with Crippen LogP contribution in [-0.4, -0.2) is 28.7 Å². The quantitative estimate of drug-likeness (QED) is 0.332. The van der Waals surface area contributed by atoms with Crippen molar-refractivity contribution in [3.05, 3.63) is 48.0 Å². The van der Waals surface area contributed by atoms with Crippen LogP contribution < -0.4 is 10.1 Å². The van der Waals surface area contributed by atoms with Gasteiger partial charge in [0.2, 0.25) is 5.95 Å². The molecule has 1 aliphatic rings. The Balaban J connectivity index is 1.71. The van der Waals surface area contributed by atoms with Crippen molar-refractivity contribution < 1.29 is 14.3 Å². The summed E-state index contributed by atoms with van der Waals surface area (Å²) in [5, 5.41) is 3.60. The first-order valence-corrected chi connectivity index (χ1v) is 13.1. The van der Waals surface area contributed by atoms with Crippen LogP contribution in [0.5, 0.6) is 5.75 Å². The molecule has 1 aromatic heterocycles. The van der Waals surface area contributed by atoms with Gasteiger partial charge in [0.15, 0.2) is 0 Å². The van der Waals surface area contributed by atoms with Gasteiger partial charge in [0.1, 0.15) is 5.75 Å². The third-order valence-corrected chi connectivity index (χ3v) is 6.98. The fourth-order valence-electron chi connectivity index (χ4n) is 6.09. The molecule has 0 unspecified atom stereocenters. The van der Waals surface area contributed by atoms with Crippen LogP contribution in [-0.2, 0) is 16.0 Å². The molecule has 0 spiro atoms. The van der Waals surface area contributed by atoms with Crippen LogP contribution in [0.1, 0.15) is 78.8 Å². The number of anilines is 2.